The molecule has 1 aliphatic heterocycles. The second-order valence-electron chi connectivity index (χ2n) is 9.83. The number of benzene rings is 2. The number of carbonyl (C=O) groups is 1. The normalized spacial score (nSPS) is 16.0. The summed E-state index contributed by atoms with van der Waals surface area (Å²) in [5.74, 6) is 0.0428. The van der Waals surface area contributed by atoms with Crippen LogP contribution in [0.2, 0.25) is 0 Å². The first kappa shape index (κ1) is 23.0. The minimum atomic E-state index is -0.0863. The van der Waals surface area contributed by atoms with E-state index in [4.69, 9.17) is 0 Å². The van der Waals surface area contributed by atoms with Gasteiger partial charge in [-0.2, -0.15) is 0 Å². The van der Waals surface area contributed by atoms with Crippen molar-refractivity contribution >= 4 is 28.3 Å². The van der Waals surface area contributed by atoms with E-state index in [1.807, 2.05) is 64.0 Å². The summed E-state index contributed by atoms with van der Waals surface area (Å²) >= 11 is 0. The van der Waals surface area contributed by atoms with Gasteiger partial charge in [-0.3, -0.25) is 14.2 Å². The number of hydrogen-bond donors (Lipinski definition) is 0. The zero-order valence-corrected chi connectivity index (χ0v) is 21.0. The van der Waals surface area contributed by atoms with Crippen LogP contribution in [0.3, 0.4) is 0 Å². The van der Waals surface area contributed by atoms with Gasteiger partial charge < -0.3 is 14.2 Å². The molecule has 1 aliphatic rings. The topological polar surface area (TPSA) is 62.8 Å². The Hall–Kier alpha value is -4.39. The van der Waals surface area contributed by atoms with Crippen molar-refractivity contribution < 1.29 is 4.79 Å². The van der Waals surface area contributed by atoms with Crippen LogP contribution in [0, 0.1) is 6.92 Å². The van der Waals surface area contributed by atoms with Gasteiger partial charge in [-0.15, -0.1) is 0 Å². The first-order valence-electron chi connectivity index (χ1n) is 12.7. The van der Waals surface area contributed by atoms with Crippen molar-refractivity contribution in [3.05, 3.63) is 112 Å². The molecular weight excluding hydrogens is 462 g/mol. The van der Waals surface area contributed by atoms with E-state index >= 15 is 0 Å². The molecule has 0 unspecified atom stereocenters. The molecule has 0 saturated carbocycles. The van der Waals surface area contributed by atoms with Gasteiger partial charge in [-0.1, -0.05) is 24.3 Å². The van der Waals surface area contributed by atoms with Crippen LogP contribution in [0.5, 0.6) is 0 Å². The molecule has 0 radical (unpaired) electrons. The Kier molecular flexibility index (Phi) is 5.75. The Labute approximate surface area is 215 Å². The molecule has 1 saturated heterocycles. The Morgan fingerprint density at radius 3 is 2.57 bits per heavy atom. The molecule has 1 amide bonds. The van der Waals surface area contributed by atoms with Gasteiger partial charge >= 0.3 is 0 Å². The van der Waals surface area contributed by atoms with E-state index in [0.29, 0.717) is 36.4 Å². The van der Waals surface area contributed by atoms with Gasteiger partial charge in [-0.25, -0.2) is 4.98 Å². The fourth-order valence-electron chi connectivity index (χ4n) is 5.38. The summed E-state index contributed by atoms with van der Waals surface area (Å²) < 4.78 is 3.58. The first-order valence-corrected chi connectivity index (χ1v) is 12.7. The summed E-state index contributed by atoms with van der Waals surface area (Å²) in [5.41, 5.74) is 6.10. The Morgan fingerprint density at radius 2 is 1.78 bits per heavy atom. The minimum absolute atomic E-state index is 0.0428. The van der Waals surface area contributed by atoms with Crippen molar-refractivity contribution in [2.75, 3.05) is 24.5 Å². The van der Waals surface area contributed by atoms with Crippen LogP contribution in [-0.4, -0.2) is 50.4 Å². The zero-order valence-electron chi connectivity index (χ0n) is 21.0. The molecule has 1 atom stereocenters. The number of piperazine rings is 1. The number of amides is 1. The number of nitrogens with zero attached hydrogens (tertiary/aromatic N) is 5. The van der Waals surface area contributed by atoms with Crippen LogP contribution in [0.4, 0.5) is 5.69 Å². The largest absolute Gasteiger partial charge is 0.365 e. The minimum Gasteiger partial charge on any atom is -0.365 e. The summed E-state index contributed by atoms with van der Waals surface area (Å²) in [6.45, 7) is 6.82. The number of carbonyl (C=O) groups excluding carboxylic acids is 1. The number of aryl methyl sites for hydroxylation is 1. The number of rotatable bonds is 4. The lowest BCUT2D eigenvalue weighted by Crippen LogP contribution is -2.53. The molecule has 7 heteroatoms. The highest BCUT2D eigenvalue weighted by molar-refractivity contribution is 5.94. The van der Waals surface area contributed by atoms with E-state index in [-0.39, 0.29) is 17.5 Å². The Morgan fingerprint density at radius 1 is 0.973 bits per heavy atom. The summed E-state index contributed by atoms with van der Waals surface area (Å²) in [5, 5.41) is 0. The fraction of sp³-hybridized carbons (Fsp3) is 0.233. The Balaban J connectivity index is 1.20. The van der Waals surface area contributed by atoms with E-state index in [2.05, 4.69) is 48.0 Å². The summed E-state index contributed by atoms with van der Waals surface area (Å²) in [4.78, 5) is 35.3. The fourth-order valence-corrected chi connectivity index (χ4v) is 5.38. The third-order valence-corrected chi connectivity index (χ3v) is 7.28. The van der Waals surface area contributed by atoms with Gasteiger partial charge in [0.2, 0.25) is 0 Å². The lowest BCUT2D eigenvalue weighted by atomic mass is 10.1. The van der Waals surface area contributed by atoms with Crippen molar-refractivity contribution in [2.45, 2.75) is 26.4 Å². The van der Waals surface area contributed by atoms with E-state index in [1.54, 1.807) is 10.8 Å². The van der Waals surface area contributed by atoms with Crippen molar-refractivity contribution in [3.63, 3.8) is 0 Å². The molecule has 4 heterocycles. The third kappa shape index (κ3) is 4.16. The van der Waals surface area contributed by atoms with Crippen LogP contribution in [0.15, 0.2) is 90.0 Å². The SMILES string of the molecule is Cc1cccc(N2CCN(C(=O)c3ccc(Cn4c(=O)c5cccn5c5cccnc54)cc3)C[C@H]2C)c1. The van der Waals surface area contributed by atoms with Crippen molar-refractivity contribution in [2.24, 2.45) is 0 Å². The van der Waals surface area contributed by atoms with Crippen LogP contribution in [0.25, 0.3) is 16.7 Å². The molecular formula is C30H29N5O2. The van der Waals surface area contributed by atoms with Crippen LogP contribution in [-0.2, 0) is 6.54 Å². The molecule has 0 spiro atoms. The number of hydrogen-bond acceptors (Lipinski definition) is 4. The molecule has 37 heavy (non-hydrogen) atoms. The highest BCUT2D eigenvalue weighted by atomic mass is 16.2. The quantitative estimate of drug-likeness (QED) is 0.375. The van der Waals surface area contributed by atoms with E-state index in [0.717, 1.165) is 17.6 Å². The van der Waals surface area contributed by atoms with Crippen LogP contribution < -0.4 is 10.5 Å². The zero-order chi connectivity index (χ0) is 25.5. The average molecular weight is 492 g/mol. The number of fused-ring (bicyclic) bond motifs is 3. The lowest BCUT2D eigenvalue weighted by molar-refractivity contribution is 0.0726. The molecule has 6 rings (SSSR count). The highest BCUT2D eigenvalue weighted by Gasteiger charge is 2.27. The third-order valence-electron chi connectivity index (χ3n) is 7.28. The monoisotopic (exact) mass is 491 g/mol. The predicted octanol–water partition coefficient (Wildman–Crippen LogP) is 4.36. The second-order valence-corrected chi connectivity index (χ2v) is 9.83. The lowest BCUT2D eigenvalue weighted by Gasteiger charge is -2.41. The highest BCUT2D eigenvalue weighted by Crippen LogP contribution is 2.23. The molecule has 3 aromatic heterocycles. The average Bonchev–Trinajstić information content (AvgIpc) is 3.42. The molecule has 7 nitrogen and oxygen atoms in total. The van der Waals surface area contributed by atoms with E-state index in [9.17, 15) is 9.59 Å². The second kappa shape index (κ2) is 9.24. The maximum Gasteiger partial charge on any atom is 0.276 e. The number of anilines is 1. The van der Waals surface area contributed by atoms with Crippen LogP contribution >= 0.6 is 0 Å². The summed E-state index contributed by atoms with van der Waals surface area (Å²) in [6, 6.07) is 23.9. The van der Waals surface area contributed by atoms with E-state index in [1.165, 1.54) is 11.3 Å². The molecule has 5 aromatic rings. The molecule has 0 aliphatic carbocycles. The van der Waals surface area contributed by atoms with Crippen LogP contribution in [0.1, 0.15) is 28.4 Å². The van der Waals surface area contributed by atoms with Crippen molar-refractivity contribution in [1.29, 1.82) is 0 Å². The smallest absolute Gasteiger partial charge is 0.276 e. The molecule has 1 fully saturated rings. The summed E-state index contributed by atoms with van der Waals surface area (Å²) in [7, 11) is 0. The maximum absolute atomic E-state index is 13.3. The molecule has 0 N–H and O–H groups in total. The standard InChI is InChI=1S/C30H29N5O2/c1-21-6-3-7-25(18-21)33-17-16-32(19-22(33)2)29(36)24-12-10-23(11-13-24)20-35-28-26(8-4-14-31-28)34-15-5-9-27(34)30(35)37/h3-15,18,22H,16-17,19-20H2,1-2H3/t22-/m1/s1. The van der Waals surface area contributed by atoms with Gasteiger partial charge in [0.05, 0.1) is 12.1 Å². The van der Waals surface area contributed by atoms with Gasteiger partial charge in [0.25, 0.3) is 11.5 Å². The van der Waals surface area contributed by atoms with Crippen molar-refractivity contribution in [3.8, 4) is 0 Å². The van der Waals surface area contributed by atoms with Gasteiger partial charge in [0.15, 0.2) is 5.65 Å². The van der Waals surface area contributed by atoms with Gasteiger partial charge in [-0.05, 0) is 73.5 Å². The maximum atomic E-state index is 13.3. The predicted molar refractivity (Wildman–Crippen MR) is 146 cm³/mol. The first-order chi connectivity index (χ1) is 18.0. The summed E-state index contributed by atoms with van der Waals surface area (Å²) in [6.07, 6.45) is 3.59. The Bertz CT molecular complexity index is 1670. The number of aromatic nitrogens is 3. The number of pyridine rings is 1. The van der Waals surface area contributed by atoms with E-state index < -0.39 is 0 Å². The molecule has 2 aromatic carbocycles. The van der Waals surface area contributed by atoms with Crippen molar-refractivity contribution in [1.82, 2.24) is 18.9 Å². The van der Waals surface area contributed by atoms with Gasteiger partial charge in [0.1, 0.15) is 5.52 Å². The molecule has 0 bridgehead atoms. The van der Waals surface area contributed by atoms with Gasteiger partial charge in [0, 0.05) is 49.3 Å². The molecule has 186 valence electrons.